The van der Waals surface area contributed by atoms with E-state index in [4.69, 9.17) is 17.3 Å². The summed E-state index contributed by atoms with van der Waals surface area (Å²) in [6, 6.07) is 15.3. The summed E-state index contributed by atoms with van der Waals surface area (Å²) < 4.78 is 0. The van der Waals surface area contributed by atoms with Gasteiger partial charge >= 0.3 is 0 Å². The van der Waals surface area contributed by atoms with Crippen LogP contribution in [0.25, 0.3) is 11.1 Å². The number of aromatic amines is 1. The molecule has 4 nitrogen and oxygen atoms in total. The van der Waals surface area contributed by atoms with Crippen molar-refractivity contribution in [1.82, 2.24) is 10.2 Å². The largest absolute Gasteiger partial charge is 0.369 e. The molecule has 116 valence electrons. The van der Waals surface area contributed by atoms with Gasteiger partial charge in [-0.2, -0.15) is 5.10 Å². The summed E-state index contributed by atoms with van der Waals surface area (Å²) in [5.41, 5.74) is 9.57. The van der Waals surface area contributed by atoms with Crippen molar-refractivity contribution in [2.24, 2.45) is 5.73 Å². The van der Waals surface area contributed by atoms with Crippen molar-refractivity contribution in [2.75, 3.05) is 0 Å². The summed E-state index contributed by atoms with van der Waals surface area (Å²) in [7, 11) is 0. The quantitative estimate of drug-likeness (QED) is 0.753. The van der Waals surface area contributed by atoms with Crippen LogP contribution in [0.5, 0.6) is 0 Å². The molecule has 3 rings (SSSR count). The second-order valence-corrected chi connectivity index (χ2v) is 5.83. The molecule has 1 heterocycles. The van der Waals surface area contributed by atoms with Crippen LogP contribution in [-0.4, -0.2) is 16.1 Å². The first-order valence-electron chi connectivity index (χ1n) is 7.26. The Morgan fingerprint density at radius 3 is 2.35 bits per heavy atom. The number of H-pyrrole nitrogens is 1. The topological polar surface area (TPSA) is 71.8 Å². The van der Waals surface area contributed by atoms with Gasteiger partial charge in [0.1, 0.15) is 0 Å². The number of carbonyl (C=O) groups is 1. The number of halogens is 1. The van der Waals surface area contributed by atoms with E-state index in [-0.39, 0.29) is 11.8 Å². The maximum atomic E-state index is 11.9. The highest BCUT2D eigenvalue weighted by atomic mass is 35.5. The lowest BCUT2D eigenvalue weighted by atomic mass is 9.90. The number of nitrogens with one attached hydrogen (secondary N) is 1. The van der Waals surface area contributed by atoms with Gasteiger partial charge in [-0.3, -0.25) is 9.89 Å². The molecule has 3 N–H and O–H groups in total. The zero-order valence-electron chi connectivity index (χ0n) is 12.4. The molecule has 2 aromatic carbocycles. The van der Waals surface area contributed by atoms with E-state index >= 15 is 0 Å². The van der Waals surface area contributed by atoms with Gasteiger partial charge in [-0.05, 0) is 35.2 Å². The molecule has 0 aliphatic rings. The Labute approximate surface area is 139 Å². The molecule has 0 fully saturated rings. The van der Waals surface area contributed by atoms with E-state index in [1.54, 1.807) is 6.20 Å². The molecular formula is C18H16ClN3O. The van der Waals surface area contributed by atoms with Gasteiger partial charge in [0.25, 0.3) is 0 Å². The summed E-state index contributed by atoms with van der Waals surface area (Å²) in [6.45, 7) is 0. The van der Waals surface area contributed by atoms with Crippen LogP contribution in [0.2, 0.25) is 5.02 Å². The Bertz CT molecular complexity index is 780. The maximum Gasteiger partial charge on any atom is 0.225 e. The monoisotopic (exact) mass is 325 g/mol. The molecule has 1 aromatic heterocycles. The minimum absolute atomic E-state index is 0.337. The molecular weight excluding hydrogens is 310 g/mol. The van der Waals surface area contributed by atoms with Crippen LogP contribution < -0.4 is 5.73 Å². The number of nitrogens with zero attached hydrogens (tertiary/aromatic N) is 1. The van der Waals surface area contributed by atoms with Crippen LogP contribution in [0.15, 0.2) is 60.9 Å². The summed E-state index contributed by atoms with van der Waals surface area (Å²) >= 11 is 5.89. The molecule has 0 saturated heterocycles. The van der Waals surface area contributed by atoms with Crippen LogP contribution in [0.4, 0.5) is 0 Å². The highest BCUT2D eigenvalue weighted by molar-refractivity contribution is 6.30. The lowest BCUT2D eigenvalue weighted by Crippen LogP contribution is -2.23. The summed E-state index contributed by atoms with van der Waals surface area (Å²) in [4.78, 5) is 11.9. The second-order valence-electron chi connectivity index (χ2n) is 5.39. The number of benzene rings is 2. The van der Waals surface area contributed by atoms with Crippen LogP contribution in [0, 0.1) is 0 Å². The third-order valence-electron chi connectivity index (χ3n) is 3.84. The van der Waals surface area contributed by atoms with Crippen molar-refractivity contribution in [3.63, 3.8) is 0 Å². The Kier molecular flexibility index (Phi) is 4.44. The lowest BCUT2D eigenvalue weighted by Gasteiger charge is -2.14. The third-order valence-corrected chi connectivity index (χ3v) is 4.09. The van der Waals surface area contributed by atoms with Crippen LogP contribution in [-0.2, 0) is 11.2 Å². The van der Waals surface area contributed by atoms with Crippen molar-refractivity contribution in [2.45, 2.75) is 12.3 Å². The number of hydrogen-bond donors (Lipinski definition) is 2. The fraction of sp³-hybridized carbons (Fsp3) is 0.111. The molecule has 0 aliphatic heterocycles. The van der Waals surface area contributed by atoms with E-state index < -0.39 is 0 Å². The first-order valence-corrected chi connectivity index (χ1v) is 7.64. The fourth-order valence-electron chi connectivity index (χ4n) is 2.56. The predicted octanol–water partition coefficient (Wildman–Crippen LogP) is 3.54. The molecule has 0 saturated carbocycles. The molecule has 0 bridgehead atoms. The van der Waals surface area contributed by atoms with E-state index in [0.717, 1.165) is 22.3 Å². The SMILES string of the molecule is NC(=O)C(Cc1ccc(Cl)cc1)c1ccc(-c2cn[nH]c2)cc1. The second kappa shape index (κ2) is 6.67. The van der Waals surface area contributed by atoms with E-state index in [1.165, 1.54) is 0 Å². The van der Waals surface area contributed by atoms with E-state index in [2.05, 4.69) is 10.2 Å². The number of amides is 1. The summed E-state index contributed by atoms with van der Waals surface area (Å²) in [5.74, 6) is -0.703. The predicted molar refractivity (Wildman–Crippen MR) is 91.1 cm³/mol. The van der Waals surface area contributed by atoms with Gasteiger partial charge in [0.05, 0.1) is 12.1 Å². The number of rotatable bonds is 5. The minimum atomic E-state index is -0.366. The molecule has 0 spiro atoms. The first kappa shape index (κ1) is 15.3. The van der Waals surface area contributed by atoms with E-state index in [0.29, 0.717) is 11.4 Å². The van der Waals surface area contributed by atoms with Crippen molar-refractivity contribution < 1.29 is 4.79 Å². The Morgan fingerprint density at radius 1 is 1.09 bits per heavy atom. The van der Waals surface area contributed by atoms with Crippen LogP contribution >= 0.6 is 11.6 Å². The van der Waals surface area contributed by atoms with Gasteiger partial charge in [-0.25, -0.2) is 0 Å². The molecule has 0 radical (unpaired) electrons. The molecule has 0 aliphatic carbocycles. The minimum Gasteiger partial charge on any atom is -0.369 e. The molecule has 1 atom stereocenters. The van der Waals surface area contributed by atoms with Gasteiger partial charge < -0.3 is 5.73 Å². The Hall–Kier alpha value is -2.59. The fourth-order valence-corrected chi connectivity index (χ4v) is 2.68. The van der Waals surface area contributed by atoms with Crippen LogP contribution in [0.1, 0.15) is 17.0 Å². The number of primary amides is 1. The highest BCUT2D eigenvalue weighted by Gasteiger charge is 2.18. The zero-order valence-corrected chi connectivity index (χ0v) is 13.1. The lowest BCUT2D eigenvalue weighted by molar-refractivity contribution is -0.119. The van der Waals surface area contributed by atoms with Gasteiger partial charge in [0.2, 0.25) is 5.91 Å². The molecule has 1 amide bonds. The van der Waals surface area contributed by atoms with Gasteiger partial charge in [0, 0.05) is 16.8 Å². The average molecular weight is 326 g/mol. The number of hydrogen-bond acceptors (Lipinski definition) is 2. The van der Waals surface area contributed by atoms with Gasteiger partial charge in [-0.15, -0.1) is 0 Å². The summed E-state index contributed by atoms with van der Waals surface area (Å²) in [6.07, 6.45) is 4.14. The highest BCUT2D eigenvalue weighted by Crippen LogP contribution is 2.25. The zero-order chi connectivity index (χ0) is 16.2. The van der Waals surface area contributed by atoms with Gasteiger partial charge in [-0.1, -0.05) is 48.0 Å². The average Bonchev–Trinajstić information content (AvgIpc) is 3.09. The van der Waals surface area contributed by atoms with Crippen molar-refractivity contribution >= 4 is 17.5 Å². The normalized spacial score (nSPS) is 12.0. The number of nitrogens with two attached hydrogens (primary N) is 1. The molecule has 5 heteroatoms. The Morgan fingerprint density at radius 2 is 1.78 bits per heavy atom. The maximum absolute atomic E-state index is 11.9. The van der Waals surface area contributed by atoms with E-state index in [1.807, 2.05) is 54.7 Å². The number of carbonyl (C=O) groups excluding carboxylic acids is 1. The standard InChI is InChI=1S/C18H16ClN3O/c19-16-7-1-12(2-8-16)9-17(18(20)23)14-5-3-13(4-6-14)15-10-21-22-11-15/h1-8,10-11,17H,9H2,(H2,20,23)(H,21,22). The Balaban J connectivity index is 1.83. The first-order chi connectivity index (χ1) is 11.1. The molecule has 23 heavy (non-hydrogen) atoms. The summed E-state index contributed by atoms with van der Waals surface area (Å²) in [5, 5.41) is 7.40. The molecule has 1 unspecified atom stereocenters. The van der Waals surface area contributed by atoms with E-state index in [9.17, 15) is 4.79 Å². The van der Waals surface area contributed by atoms with Crippen molar-refractivity contribution in [3.8, 4) is 11.1 Å². The molecule has 3 aromatic rings. The smallest absolute Gasteiger partial charge is 0.225 e. The number of aromatic nitrogens is 2. The van der Waals surface area contributed by atoms with Crippen molar-refractivity contribution in [1.29, 1.82) is 0 Å². The van der Waals surface area contributed by atoms with Crippen LogP contribution in [0.3, 0.4) is 0 Å². The third kappa shape index (κ3) is 3.60. The van der Waals surface area contributed by atoms with Crippen molar-refractivity contribution in [3.05, 3.63) is 77.1 Å². The van der Waals surface area contributed by atoms with Gasteiger partial charge in [0.15, 0.2) is 0 Å².